The molecule has 0 aliphatic carbocycles. The molecule has 0 amide bonds. The Hall–Kier alpha value is -0.950. The maximum Gasteiger partial charge on any atom is 0.270 e. The molecule has 1 aromatic rings. The Bertz CT molecular complexity index is 388. The van der Waals surface area contributed by atoms with Crippen molar-refractivity contribution in [2.75, 3.05) is 19.6 Å². The molecule has 0 heterocycles. The van der Waals surface area contributed by atoms with E-state index in [4.69, 9.17) is 10.5 Å². The van der Waals surface area contributed by atoms with Gasteiger partial charge in [0.1, 0.15) is 5.75 Å². The molecule has 1 rings (SSSR count). The van der Waals surface area contributed by atoms with E-state index in [0.29, 0.717) is 0 Å². The summed E-state index contributed by atoms with van der Waals surface area (Å²) in [7, 11) is 1.32. The monoisotopic (exact) mass is 299 g/mol. The first-order chi connectivity index (χ1) is 7.49. The van der Waals surface area contributed by atoms with E-state index in [2.05, 4.69) is 20.7 Å². The minimum atomic E-state index is -3.01. The van der Waals surface area contributed by atoms with Gasteiger partial charge in [-0.05, 0) is 22.0 Å². The van der Waals surface area contributed by atoms with Crippen LogP contribution < -0.4 is 10.5 Å². The van der Waals surface area contributed by atoms with Crippen molar-refractivity contribution in [2.45, 2.75) is 6.43 Å². The molecule has 0 aliphatic heterocycles. The lowest BCUT2D eigenvalue weighted by molar-refractivity contribution is 0.0460. The molecule has 1 aromatic carbocycles. The van der Waals surface area contributed by atoms with E-state index in [9.17, 15) is 13.2 Å². The summed E-state index contributed by atoms with van der Waals surface area (Å²) in [5, 5.41) is 0. The third kappa shape index (κ3) is 2.59. The molecule has 0 unspecified atom stereocenters. The maximum absolute atomic E-state index is 13.4. The smallest absolute Gasteiger partial charge is 0.270 e. The Labute approximate surface area is 98.5 Å². The Morgan fingerprint density at radius 3 is 2.62 bits per heavy atom. The van der Waals surface area contributed by atoms with Crippen LogP contribution in [0, 0.1) is 5.82 Å². The molecule has 0 saturated carbocycles. The van der Waals surface area contributed by atoms with Crippen LogP contribution in [0.1, 0.15) is 12.0 Å². The van der Waals surface area contributed by atoms with Crippen molar-refractivity contribution < 1.29 is 22.6 Å². The van der Waals surface area contributed by atoms with Gasteiger partial charge in [0.05, 0.1) is 11.3 Å². The molecule has 0 bridgehead atoms. The molecule has 90 valence electrons. The largest absolute Gasteiger partial charge is 0.467 e. The van der Waals surface area contributed by atoms with Crippen LogP contribution in [0.2, 0.25) is 0 Å². The lowest BCUT2D eigenvalue weighted by atomic mass is 10.1. The number of rotatable bonds is 4. The lowest BCUT2D eigenvalue weighted by Crippen LogP contribution is -2.06. The second-order valence-electron chi connectivity index (χ2n) is 2.85. The van der Waals surface area contributed by atoms with E-state index in [0.717, 1.165) is 0 Å². The highest BCUT2D eigenvalue weighted by Crippen LogP contribution is 2.38. The van der Waals surface area contributed by atoms with Gasteiger partial charge in [0.2, 0.25) is 0 Å². The van der Waals surface area contributed by atoms with Crippen molar-refractivity contribution >= 4 is 21.6 Å². The predicted octanol–water partition coefficient (Wildman–Crippen LogP) is 3.09. The van der Waals surface area contributed by atoms with E-state index in [1.807, 2.05) is 0 Å². The van der Waals surface area contributed by atoms with Gasteiger partial charge in [0.25, 0.3) is 6.43 Å². The molecule has 0 saturated heterocycles. The fourth-order valence-electron chi connectivity index (χ4n) is 1.07. The van der Waals surface area contributed by atoms with E-state index < -0.39 is 17.8 Å². The molecule has 0 aliphatic rings. The van der Waals surface area contributed by atoms with Crippen molar-refractivity contribution in [3.8, 4) is 5.75 Å². The minimum absolute atomic E-state index is 0.153. The highest BCUT2D eigenvalue weighted by molar-refractivity contribution is 9.10. The van der Waals surface area contributed by atoms with Crippen molar-refractivity contribution in [3.63, 3.8) is 0 Å². The number of nitrogen functional groups attached to an aromatic ring is 1. The van der Waals surface area contributed by atoms with Crippen molar-refractivity contribution in [2.24, 2.45) is 0 Å². The van der Waals surface area contributed by atoms with Gasteiger partial charge in [-0.3, -0.25) is 0 Å². The zero-order valence-electron chi connectivity index (χ0n) is 8.27. The van der Waals surface area contributed by atoms with Gasteiger partial charge >= 0.3 is 0 Å². The van der Waals surface area contributed by atoms with E-state index in [1.165, 1.54) is 13.2 Å². The van der Waals surface area contributed by atoms with Gasteiger partial charge in [0.15, 0.2) is 12.6 Å². The topological polar surface area (TPSA) is 44.5 Å². The molecule has 0 spiro atoms. The summed E-state index contributed by atoms with van der Waals surface area (Å²) in [4.78, 5) is 0. The van der Waals surface area contributed by atoms with Crippen LogP contribution in [0.5, 0.6) is 5.75 Å². The van der Waals surface area contributed by atoms with E-state index in [-0.39, 0.29) is 22.7 Å². The number of hydrogen-bond donors (Lipinski definition) is 1. The number of hydrogen-bond acceptors (Lipinski definition) is 3. The first kappa shape index (κ1) is 13.1. The van der Waals surface area contributed by atoms with Crippen molar-refractivity contribution in [3.05, 3.63) is 21.9 Å². The van der Waals surface area contributed by atoms with Crippen LogP contribution in [-0.4, -0.2) is 13.9 Å². The van der Waals surface area contributed by atoms with Crippen LogP contribution in [-0.2, 0) is 4.74 Å². The van der Waals surface area contributed by atoms with Gasteiger partial charge in [-0.25, -0.2) is 13.2 Å². The summed E-state index contributed by atoms with van der Waals surface area (Å²) in [6, 6.07) is 1.18. The highest BCUT2D eigenvalue weighted by atomic mass is 79.9. The fourth-order valence-corrected chi connectivity index (χ4v) is 1.46. The quantitative estimate of drug-likeness (QED) is 0.686. The zero-order chi connectivity index (χ0) is 12.3. The SMILES string of the molecule is COCOc1cc(Br)c(N)c(F)c1C(F)F. The highest BCUT2D eigenvalue weighted by Gasteiger charge is 2.23. The average Bonchev–Trinajstić information content (AvgIpc) is 2.22. The molecule has 3 nitrogen and oxygen atoms in total. The molecular weight excluding hydrogens is 291 g/mol. The molecule has 0 fully saturated rings. The van der Waals surface area contributed by atoms with Crippen LogP contribution in [0.15, 0.2) is 10.5 Å². The van der Waals surface area contributed by atoms with Crippen molar-refractivity contribution in [1.29, 1.82) is 0 Å². The molecule has 16 heavy (non-hydrogen) atoms. The number of methoxy groups -OCH3 is 1. The predicted molar refractivity (Wildman–Crippen MR) is 56.0 cm³/mol. The Kier molecular flexibility index (Phi) is 4.43. The van der Waals surface area contributed by atoms with Crippen LogP contribution >= 0.6 is 15.9 Å². The number of alkyl halides is 2. The third-order valence-corrected chi connectivity index (χ3v) is 2.46. The van der Waals surface area contributed by atoms with Crippen LogP contribution in [0.3, 0.4) is 0 Å². The summed E-state index contributed by atoms with van der Waals surface area (Å²) in [6.45, 7) is -0.254. The minimum Gasteiger partial charge on any atom is -0.467 e. The standard InChI is InChI=1S/C9H9BrF3NO2/c1-15-3-16-5-2-4(10)8(14)7(11)6(5)9(12)13/h2,9H,3,14H2,1H3. The molecule has 0 atom stereocenters. The summed E-state index contributed by atoms with van der Waals surface area (Å²) < 4.78 is 48.2. The first-order valence-electron chi connectivity index (χ1n) is 4.16. The number of nitrogens with two attached hydrogens (primary N) is 1. The van der Waals surface area contributed by atoms with Gasteiger partial charge in [0, 0.05) is 11.6 Å². The Balaban J connectivity index is 3.24. The second kappa shape index (κ2) is 5.40. The van der Waals surface area contributed by atoms with Gasteiger partial charge in [-0.1, -0.05) is 0 Å². The van der Waals surface area contributed by atoms with Gasteiger partial charge < -0.3 is 15.2 Å². The van der Waals surface area contributed by atoms with Crippen molar-refractivity contribution in [1.82, 2.24) is 0 Å². The summed E-state index contributed by atoms with van der Waals surface area (Å²) in [6.07, 6.45) is -3.01. The Morgan fingerprint density at radius 1 is 1.50 bits per heavy atom. The van der Waals surface area contributed by atoms with Gasteiger partial charge in [-0.15, -0.1) is 0 Å². The molecular formula is C9H9BrF3NO2. The summed E-state index contributed by atoms with van der Waals surface area (Å²) in [5.41, 5.74) is 4.04. The van der Waals surface area contributed by atoms with E-state index in [1.54, 1.807) is 0 Å². The summed E-state index contributed by atoms with van der Waals surface area (Å²) in [5.74, 6) is -1.48. The number of ether oxygens (including phenoxy) is 2. The van der Waals surface area contributed by atoms with E-state index >= 15 is 0 Å². The van der Waals surface area contributed by atoms with Crippen LogP contribution in [0.4, 0.5) is 18.9 Å². The average molecular weight is 300 g/mol. The molecule has 0 radical (unpaired) electrons. The lowest BCUT2D eigenvalue weighted by Gasteiger charge is -2.13. The molecule has 7 heteroatoms. The first-order valence-corrected chi connectivity index (χ1v) is 4.95. The number of anilines is 1. The number of benzene rings is 1. The third-order valence-electron chi connectivity index (χ3n) is 1.80. The second-order valence-corrected chi connectivity index (χ2v) is 3.70. The Morgan fingerprint density at radius 2 is 2.12 bits per heavy atom. The normalized spacial score (nSPS) is 10.9. The zero-order valence-corrected chi connectivity index (χ0v) is 9.85. The van der Waals surface area contributed by atoms with Gasteiger partial charge in [-0.2, -0.15) is 0 Å². The fraction of sp³-hybridized carbons (Fsp3) is 0.333. The van der Waals surface area contributed by atoms with Crippen LogP contribution in [0.25, 0.3) is 0 Å². The molecule has 2 N–H and O–H groups in total. The summed E-state index contributed by atoms with van der Waals surface area (Å²) >= 11 is 2.94. The maximum atomic E-state index is 13.4. The number of halogens is 4. The molecule has 0 aromatic heterocycles.